The average Bonchev–Trinajstić information content (AvgIpc) is 1.41. The Hall–Kier alpha value is -0.600. The summed E-state index contributed by atoms with van der Waals surface area (Å²) in [6, 6.07) is 0. The molecule has 0 saturated heterocycles. The Labute approximate surface area is 29.9 Å². The zero-order valence-electron chi connectivity index (χ0n) is 2.68. The van der Waals surface area contributed by atoms with Gasteiger partial charge in [0.15, 0.2) is 5.34 Å². The monoisotopic (exact) mass is 74.0 g/mol. The summed E-state index contributed by atoms with van der Waals surface area (Å²) in [7, 11) is 0. The van der Waals surface area contributed by atoms with Crippen LogP contribution in [0.3, 0.4) is 0 Å². The van der Waals surface area contributed by atoms with Gasteiger partial charge in [-0.25, -0.2) is 0 Å². The van der Waals surface area contributed by atoms with Crippen LogP contribution in [-0.2, 0) is 4.84 Å². The maximum Gasteiger partial charge on any atom is 0.155 e. The van der Waals surface area contributed by atoms with Crippen LogP contribution >= 0.6 is 0 Å². The zero-order chi connectivity index (χ0) is 4.12. The Balaban J connectivity index is 2.40. The zero-order valence-corrected chi connectivity index (χ0v) is 2.68. The molecule has 0 bridgehead atoms. The summed E-state index contributed by atoms with van der Waals surface area (Å²) in [5.74, 6) is 0. The van der Waals surface area contributed by atoms with Gasteiger partial charge in [0.2, 0.25) is 0 Å². The van der Waals surface area contributed by atoms with Gasteiger partial charge in [0.25, 0.3) is 0 Å². The summed E-state index contributed by atoms with van der Waals surface area (Å²) in [4.78, 5) is 12.7. The first kappa shape index (κ1) is 4.40. The minimum absolute atomic E-state index is 0.115. The first-order valence-electron chi connectivity index (χ1n) is 1.15. The van der Waals surface area contributed by atoms with E-state index in [9.17, 15) is 0 Å². The van der Waals surface area contributed by atoms with Gasteiger partial charge >= 0.3 is 0 Å². The first-order valence-corrected chi connectivity index (χ1v) is 1.15. The van der Waals surface area contributed by atoms with Gasteiger partial charge in [-0.05, 0) is 6.92 Å². The van der Waals surface area contributed by atoms with E-state index in [2.05, 4.69) is 11.8 Å². The molecule has 0 aliphatic rings. The van der Waals surface area contributed by atoms with Crippen LogP contribution in [0.1, 0.15) is 0 Å². The van der Waals surface area contributed by atoms with Gasteiger partial charge in [-0.3, -0.25) is 0 Å². The van der Waals surface area contributed by atoms with Crippen molar-refractivity contribution in [3.63, 3.8) is 0 Å². The molecule has 0 amide bonds. The first-order chi connectivity index (χ1) is 2.41. The highest BCUT2D eigenvalue weighted by Gasteiger charge is 1.62. The molecule has 1 radical (unpaired) electrons. The number of rotatable bonds is 2. The maximum atomic E-state index is 8.89. The smallest absolute Gasteiger partial charge is 0.155 e. The molecule has 0 atom stereocenters. The minimum Gasteiger partial charge on any atom is -0.364 e. The van der Waals surface area contributed by atoms with E-state index in [0.717, 1.165) is 0 Å². The molecule has 0 aliphatic carbocycles. The topological polar surface area (TPSA) is 38.7 Å². The van der Waals surface area contributed by atoms with Crippen molar-refractivity contribution in [3.05, 3.63) is 11.8 Å². The van der Waals surface area contributed by atoms with Crippen LogP contribution in [0, 0.1) is 11.8 Å². The highest BCUT2D eigenvalue weighted by molar-refractivity contribution is 4.22. The fraction of sp³-hybridized carbons (Fsp3) is 0.500. The number of hydrogen-bond acceptors (Lipinski definition) is 3. The van der Waals surface area contributed by atoms with Crippen molar-refractivity contribution in [3.8, 4) is 0 Å². The summed E-state index contributed by atoms with van der Waals surface area (Å²) in [5, 5.41) is 2.04. The number of hydrogen-bond donors (Lipinski definition) is 0. The van der Waals surface area contributed by atoms with Gasteiger partial charge in [-0.1, -0.05) is 0 Å². The van der Waals surface area contributed by atoms with Crippen molar-refractivity contribution in [2.45, 2.75) is 0 Å². The van der Waals surface area contributed by atoms with E-state index in [1.165, 1.54) is 0 Å². The Morgan fingerprint density at radius 3 is 2.60 bits per heavy atom. The molecule has 0 saturated carbocycles. The van der Waals surface area contributed by atoms with E-state index in [0.29, 0.717) is 0 Å². The van der Waals surface area contributed by atoms with E-state index in [1.807, 2.05) is 5.34 Å². The lowest BCUT2D eigenvalue weighted by Gasteiger charge is -1.75. The lowest BCUT2D eigenvalue weighted by atomic mass is 10.9. The Kier molecular flexibility index (Phi) is 2.99. The second-order valence-electron chi connectivity index (χ2n) is 0.408. The molecule has 0 aromatic heterocycles. The molecule has 29 valence electrons. The highest BCUT2D eigenvalue weighted by Crippen LogP contribution is 1.64. The maximum absolute atomic E-state index is 8.89. The van der Waals surface area contributed by atoms with Gasteiger partial charge in [0.1, 0.15) is 6.61 Å². The molecule has 0 aromatic rings. The molecule has 0 rings (SSSR count). The minimum atomic E-state index is 0.115. The third-order valence-corrected chi connectivity index (χ3v) is 0.144. The van der Waals surface area contributed by atoms with Gasteiger partial charge in [0, 0.05) is 0 Å². The van der Waals surface area contributed by atoms with Crippen molar-refractivity contribution < 1.29 is 4.84 Å². The van der Waals surface area contributed by atoms with E-state index in [1.54, 1.807) is 0 Å². The highest BCUT2D eigenvalue weighted by atomic mass is 16.7. The van der Waals surface area contributed by atoms with Gasteiger partial charge in [-0.2, -0.15) is 0 Å². The molecule has 3 nitrogen and oxygen atoms in total. The van der Waals surface area contributed by atoms with Crippen molar-refractivity contribution in [2.24, 2.45) is 5.34 Å². The number of nitrogens with zero attached hydrogens (tertiary/aromatic N) is 1. The van der Waals surface area contributed by atoms with Crippen LogP contribution in [0.15, 0.2) is 5.34 Å². The average molecular weight is 74.1 g/mol. The van der Waals surface area contributed by atoms with Crippen LogP contribution in [0.5, 0.6) is 0 Å². The second-order valence-corrected chi connectivity index (χ2v) is 0.408. The molecular weight excluding hydrogens is 70.0 g/mol. The van der Waals surface area contributed by atoms with Crippen LogP contribution in [0.2, 0.25) is 0 Å². The molecule has 0 aromatic carbocycles. The summed E-state index contributed by atoms with van der Waals surface area (Å²) >= 11 is 0. The quantitative estimate of drug-likeness (QED) is 0.353. The summed E-state index contributed by atoms with van der Waals surface area (Å²) in [6.45, 7) is 3.27. The molecule has 5 heavy (non-hydrogen) atoms. The van der Waals surface area contributed by atoms with Gasteiger partial charge in [-0.15, -0.1) is 4.91 Å². The van der Waals surface area contributed by atoms with Gasteiger partial charge in [0.05, 0.1) is 0 Å². The Morgan fingerprint density at radius 2 is 2.60 bits per heavy atom. The molecule has 3 heteroatoms. The predicted molar refractivity (Wildman–Crippen MR) is 17.1 cm³/mol. The molecule has 0 heterocycles. The second kappa shape index (κ2) is 3.40. The van der Waals surface area contributed by atoms with E-state index in [4.69, 9.17) is 4.91 Å². The predicted octanol–water partition coefficient (Wildman–Crippen LogP) is 0.518. The van der Waals surface area contributed by atoms with Crippen LogP contribution in [0.4, 0.5) is 0 Å². The van der Waals surface area contributed by atoms with E-state index >= 15 is 0 Å². The fourth-order valence-electron chi connectivity index (χ4n) is 0.0373. The van der Waals surface area contributed by atoms with Crippen molar-refractivity contribution >= 4 is 0 Å². The van der Waals surface area contributed by atoms with Crippen molar-refractivity contribution in [2.75, 3.05) is 6.61 Å². The summed E-state index contributed by atoms with van der Waals surface area (Å²) in [5.41, 5.74) is 0. The van der Waals surface area contributed by atoms with Crippen LogP contribution < -0.4 is 0 Å². The van der Waals surface area contributed by atoms with Crippen LogP contribution in [-0.4, -0.2) is 6.61 Å². The molecule has 0 N–H and O–H groups in total. The molecule has 0 unspecified atom stereocenters. The molecule has 0 aliphatic heterocycles. The molecule has 0 spiro atoms. The van der Waals surface area contributed by atoms with E-state index < -0.39 is 0 Å². The molecular formula is C2H4NO2. The normalized spacial score (nSPS) is 6.60. The van der Waals surface area contributed by atoms with Crippen molar-refractivity contribution in [1.82, 2.24) is 0 Å². The van der Waals surface area contributed by atoms with Gasteiger partial charge < -0.3 is 4.84 Å². The van der Waals surface area contributed by atoms with E-state index in [-0.39, 0.29) is 6.61 Å². The molecule has 0 fully saturated rings. The largest absolute Gasteiger partial charge is 0.364 e. The van der Waals surface area contributed by atoms with Crippen LogP contribution in [0.25, 0.3) is 0 Å². The lowest BCUT2D eigenvalue weighted by molar-refractivity contribution is 0.168. The summed E-state index contributed by atoms with van der Waals surface area (Å²) in [6.07, 6.45) is 0. The lowest BCUT2D eigenvalue weighted by Crippen LogP contribution is -1.72. The Bertz CT molecular complexity index is 28.8. The SMILES string of the molecule is [CH2]CON=O. The fourth-order valence-corrected chi connectivity index (χ4v) is 0.0373. The van der Waals surface area contributed by atoms with Crippen molar-refractivity contribution in [1.29, 1.82) is 0 Å². The summed E-state index contributed by atoms with van der Waals surface area (Å²) < 4.78 is 0. The standard InChI is InChI=1S/C2H4NO2/c1-2-5-3-4/h1-2H2. The Morgan fingerprint density at radius 1 is 2.00 bits per heavy atom. The third kappa shape index (κ3) is 3.40. The third-order valence-electron chi connectivity index (χ3n) is 0.144.